The Morgan fingerprint density at radius 3 is 2.60 bits per heavy atom. The van der Waals surface area contributed by atoms with E-state index in [4.69, 9.17) is 13.9 Å². The molecule has 2 aromatic carbocycles. The normalized spacial score (nSPS) is 10.6. The number of esters is 1. The summed E-state index contributed by atoms with van der Waals surface area (Å²) in [5, 5.41) is 3.40. The van der Waals surface area contributed by atoms with E-state index in [9.17, 15) is 14.4 Å². The Morgan fingerprint density at radius 1 is 1.07 bits per heavy atom. The number of aryl methyl sites for hydroxylation is 2. The van der Waals surface area contributed by atoms with E-state index in [1.54, 1.807) is 19.1 Å². The van der Waals surface area contributed by atoms with Gasteiger partial charge < -0.3 is 19.2 Å². The Bertz CT molecular complexity index is 1100. The van der Waals surface area contributed by atoms with E-state index < -0.39 is 17.7 Å². The maximum atomic E-state index is 12.1. The third kappa shape index (κ3) is 5.47. The van der Waals surface area contributed by atoms with Gasteiger partial charge in [-0.05, 0) is 43.5 Å². The second-order valence-electron chi connectivity index (χ2n) is 6.88. The quantitative estimate of drug-likeness (QED) is 0.274. The Labute approximate surface area is 173 Å². The molecule has 0 saturated carbocycles. The lowest BCUT2D eigenvalue weighted by atomic mass is 10.1. The maximum Gasteiger partial charge on any atom is 0.407 e. The summed E-state index contributed by atoms with van der Waals surface area (Å²) in [7, 11) is 0. The zero-order valence-corrected chi connectivity index (χ0v) is 16.9. The van der Waals surface area contributed by atoms with Crippen LogP contribution in [0, 0.1) is 13.8 Å². The molecule has 0 bridgehead atoms. The summed E-state index contributed by atoms with van der Waals surface area (Å²) >= 11 is 0. The van der Waals surface area contributed by atoms with E-state index in [-0.39, 0.29) is 19.6 Å². The summed E-state index contributed by atoms with van der Waals surface area (Å²) in [4.78, 5) is 35.4. The monoisotopic (exact) mass is 409 g/mol. The van der Waals surface area contributed by atoms with Crippen molar-refractivity contribution in [2.24, 2.45) is 0 Å². The molecule has 0 spiro atoms. The first-order chi connectivity index (χ1) is 14.4. The van der Waals surface area contributed by atoms with Crippen molar-refractivity contribution in [1.82, 2.24) is 5.32 Å². The van der Waals surface area contributed by atoms with Crippen LogP contribution in [0.2, 0.25) is 0 Å². The number of hydrogen-bond donors (Lipinski definition) is 1. The average molecular weight is 409 g/mol. The number of ether oxygens (including phenoxy) is 2. The van der Waals surface area contributed by atoms with Crippen molar-refractivity contribution in [2.45, 2.75) is 33.3 Å². The van der Waals surface area contributed by atoms with Crippen molar-refractivity contribution < 1.29 is 23.5 Å². The highest BCUT2D eigenvalue weighted by atomic mass is 16.5. The summed E-state index contributed by atoms with van der Waals surface area (Å²) in [5.74, 6) is -0.0941. The second kappa shape index (κ2) is 9.73. The van der Waals surface area contributed by atoms with Crippen molar-refractivity contribution in [3.8, 4) is 5.75 Å². The fourth-order valence-corrected chi connectivity index (χ4v) is 2.98. The molecule has 0 radical (unpaired) electrons. The number of alkyl carbamates (subject to hydrolysis) is 1. The van der Waals surface area contributed by atoms with Crippen molar-refractivity contribution in [2.75, 3.05) is 6.54 Å². The molecular formula is C23H23NO6. The number of fused-ring (bicyclic) bond motifs is 1. The zero-order chi connectivity index (χ0) is 21.5. The van der Waals surface area contributed by atoms with Crippen LogP contribution in [-0.4, -0.2) is 18.6 Å². The van der Waals surface area contributed by atoms with Gasteiger partial charge in [0.05, 0.1) is 0 Å². The first-order valence-electron chi connectivity index (χ1n) is 9.63. The first-order valence-corrected chi connectivity index (χ1v) is 9.63. The molecule has 7 heteroatoms. The second-order valence-corrected chi connectivity index (χ2v) is 6.88. The molecule has 3 rings (SSSR count). The lowest BCUT2D eigenvalue weighted by Crippen LogP contribution is -2.26. The minimum absolute atomic E-state index is 0.119. The summed E-state index contributed by atoms with van der Waals surface area (Å²) in [5.41, 5.74) is 2.25. The van der Waals surface area contributed by atoms with E-state index in [0.29, 0.717) is 23.3 Å². The van der Waals surface area contributed by atoms with Crippen molar-refractivity contribution in [1.29, 1.82) is 0 Å². The molecule has 1 aromatic heterocycles. The summed E-state index contributed by atoms with van der Waals surface area (Å²) < 4.78 is 15.8. The van der Waals surface area contributed by atoms with Gasteiger partial charge in [0.1, 0.15) is 17.9 Å². The van der Waals surface area contributed by atoms with Crippen molar-refractivity contribution >= 4 is 23.0 Å². The SMILES string of the molecule is Cc1cc(=O)oc2c(C)c(OC(=O)CCCNC(=O)OCc3ccccc3)ccc12. The predicted molar refractivity (Wildman–Crippen MR) is 111 cm³/mol. The minimum Gasteiger partial charge on any atom is -0.445 e. The average Bonchev–Trinajstić information content (AvgIpc) is 2.73. The molecule has 0 aliphatic carbocycles. The van der Waals surface area contributed by atoms with E-state index in [0.717, 1.165) is 16.5 Å². The number of benzene rings is 2. The van der Waals surface area contributed by atoms with Crippen molar-refractivity contribution in [3.05, 3.63) is 75.6 Å². The molecule has 156 valence electrons. The van der Waals surface area contributed by atoms with Crippen LogP contribution in [0.25, 0.3) is 11.0 Å². The van der Waals surface area contributed by atoms with Crippen LogP contribution in [0.5, 0.6) is 5.75 Å². The Balaban J connectivity index is 1.45. The fourth-order valence-electron chi connectivity index (χ4n) is 2.98. The summed E-state index contributed by atoms with van der Waals surface area (Å²) in [6.45, 7) is 4.03. The smallest absolute Gasteiger partial charge is 0.407 e. The number of carbonyl (C=O) groups is 2. The van der Waals surface area contributed by atoms with Gasteiger partial charge >= 0.3 is 17.7 Å². The molecule has 0 aliphatic rings. The zero-order valence-electron chi connectivity index (χ0n) is 16.9. The topological polar surface area (TPSA) is 94.8 Å². The summed E-state index contributed by atoms with van der Waals surface area (Å²) in [6, 6.07) is 14.2. The molecule has 3 aromatic rings. The van der Waals surface area contributed by atoms with Crippen LogP contribution < -0.4 is 15.7 Å². The Hall–Kier alpha value is -3.61. The Morgan fingerprint density at radius 2 is 1.83 bits per heavy atom. The van der Waals surface area contributed by atoms with Crippen LogP contribution in [0.15, 0.2) is 57.7 Å². The lowest BCUT2D eigenvalue weighted by molar-refractivity contribution is -0.134. The van der Waals surface area contributed by atoms with Crippen molar-refractivity contribution in [3.63, 3.8) is 0 Å². The number of hydrogen-bond acceptors (Lipinski definition) is 6. The van der Waals surface area contributed by atoms with Crippen LogP contribution in [0.4, 0.5) is 4.79 Å². The van der Waals surface area contributed by atoms with Gasteiger partial charge in [-0.15, -0.1) is 0 Å². The van der Waals surface area contributed by atoms with Gasteiger partial charge in [-0.25, -0.2) is 9.59 Å². The molecule has 0 fully saturated rings. The Kier molecular flexibility index (Phi) is 6.85. The van der Waals surface area contributed by atoms with E-state index in [1.807, 2.05) is 37.3 Å². The maximum absolute atomic E-state index is 12.1. The van der Waals surface area contributed by atoms with Gasteiger partial charge in [-0.3, -0.25) is 4.79 Å². The highest BCUT2D eigenvalue weighted by Crippen LogP contribution is 2.28. The van der Waals surface area contributed by atoms with Crippen LogP contribution >= 0.6 is 0 Å². The highest BCUT2D eigenvalue weighted by Gasteiger charge is 2.13. The fraction of sp³-hybridized carbons (Fsp3) is 0.261. The molecule has 0 aliphatic heterocycles. The molecule has 0 saturated heterocycles. The van der Waals surface area contributed by atoms with E-state index >= 15 is 0 Å². The molecule has 0 atom stereocenters. The number of rotatable bonds is 7. The summed E-state index contributed by atoms with van der Waals surface area (Å²) in [6.07, 6.45) is -0.0168. The van der Waals surface area contributed by atoms with E-state index in [1.165, 1.54) is 6.07 Å². The van der Waals surface area contributed by atoms with Gasteiger partial charge in [0.15, 0.2) is 0 Å². The highest BCUT2D eigenvalue weighted by molar-refractivity contribution is 5.86. The number of carbonyl (C=O) groups excluding carboxylic acids is 2. The van der Waals surface area contributed by atoms with Crippen LogP contribution in [0.3, 0.4) is 0 Å². The first kappa shape index (κ1) is 21.1. The molecule has 1 N–H and O–H groups in total. The van der Waals surface area contributed by atoms with Gasteiger partial charge in [-0.2, -0.15) is 0 Å². The van der Waals surface area contributed by atoms with Crippen LogP contribution in [-0.2, 0) is 16.1 Å². The van der Waals surface area contributed by atoms with Gasteiger partial charge in [0, 0.05) is 30.0 Å². The van der Waals surface area contributed by atoms with Gasteiger partial charge in [0.2, 0.25) is 0 Å². The molecule has 0 unspecified atom stereocenters. The molecule has 7 nitrogen and oxygen atoms in total. The van der Waals surface area contributed by atoms with Gasteiger partial charge in [-0.1, -0.05) is 30.3 Å². The number of nitrogens with one attached hydrogen (secondary N) is 1. The molecular weight excluding hydrogens is 386 g/mol. The number of amides is 1. The third-order valence-corrected chi connectivity index (χ3v) is 4.58. The largest absolute Gasteiger partial charge is 0.445 e. The molecule has 1 heterocycles. The standard InChI is InChI=1S/C23H23NO6/c1-15-13-21(26)30-22-16(2)19(11-10-18(15)22)29-20(25)9-6-12-24-23(27)28-14-17-7-4-3-5-8-17/h3-5,7-8,10-11,13H,6,9,12,14H2,1-2H3,(H,24,27). The van der Waals surface area contributed by atoms with E-state index in [2.05, 4.69) is 5.32 Å². The lowest BCUT2D eigenvalue weighted by Gasteiger charge is -2.10. The molecule has 1 amide bonds. The molecule has 30 heavy (non-hydrogen) atoms. The third-order valence-electron chi connectivity index (χ3n) is 4.58. The van der Waals surface area contributed by atoms with Gasteiger partial charge in [0.25, 0.3) is 0 Å². The minimum atomic E-state index is -0.539. The van der Waals surface area contributed by atoms with Crippen LogP contribution in [0.1, 0.15) is 29.5 Å². The predicted octanol–water partition coefficient (Wildman–Crippen LogP) is 4.02.